The average Bonchev–Trinajstić information content (AvgIpc) is 2.28. The number of hydrogen-bond acceptors (Lipinski definition) is 4. The van der Waals surface area contributed by atoms with Gasteiger partial charge in [-0.1, -0.05) is 12.1 Å². The van der Waals surface area contributed by atoms with Crippen LogP contribution in [0.15, 0.2) is 24.3 Å². The van der Waals surface area contributed by atoms with Gasteiger partial charge in [0, 0.05) is 0 Å². The van der Waals surface area contributed by atoms with Gasteiger partial charge in [0.25, 0.3) is 0 Å². The Balaban J connectivity index is 3.06. The van der Waals surface area contributed by atoms with E-state index in [1.54, 1.807) is 24.3 Å². The second-order valence-corrected chi connectivity index (χ2v) is 6.96. The monoisotopic (exact) mass is 272 g/mol. The van der Waals surface area contributed by atoms with Crippen LogP contribution in [0.3, 0.4) is 0 Å². The molecule has 5 nitrogen and oxygen atoms in total. The van der Waals surface area contributed by atoms with Crippen LogP contribution < -0.4 is 4.74 Å². The van der Waals surface area contributed by atoms with Gasteiger partial charge in [0.15, 0.2) is 14.6 Å². The van der Waals surface area contributed by atoms with Gasteiger partial charge in [-0.25, -0.2) is 8.42 Å². The first kappa shape index (κ1) is 14.5. The first-order valence-corrected chi connectivity index (χ1v) is 6.94. The second kappa shape index (κ2) is 4.97. The Morgan fingerprint density at radius 2 is 2.00 bits per heavy atom. The molecule has 1 rings (SSSR count). The van der Waals surface area contributed by atoms with Gasteiger partial charge >= 0.3 is 5.97 Å². The molecule has 1 aromatic rings. The van der Waals surface area contributed by atoms with E-state index >= 15 is 0 Å². The summed E-state index contributed by atoms with van der Waals surface area (Å²) in [5, 5.41) is 8.95. The van der Waals surface area contributed by atoms with Crippen LogP contribution in [-0.2, 0) is 20.4 Å². The fraction of sp³-hybridized carbons (Fsp3) is 0.417. The maximum Gasteiger partial charge on any atom is 0.324 e. The lowest BCUT2D eigenvalue weighted by atomic mass is 10.2. The van der Waals surface area contributed by atoms with Crippen molar-refractivity contribution in [3.8, 4) is 5.75 Å². The Kier molecular flexibility index (Phi) is 4.01. The molecule has 0 aromatic heterocycles. The quantitative estimate of drug-likeness (QED) is 0.878. The summed E-state index contributed by atoms with van der Waals surface area (Å²) in [6, 6.07) is 6.56. The van der Waals surface area contributed by atoms with Gasteiger partial charge in [0.2, 0.25) is 0 Å². The third-order valence-electron chi connectivity index (χ3n) is 2.78. The molecule has 0 spiro atoms. The average molecular weight is 272 g/mol. The highest BCUT2D eigenvalue weighted by Crippen LogP contribution is 2.23. The highest BCUT2D eigenvalue weighted by molar-refractivity contribution is 7.92. The number of carboxylic acids is 1. The molecule has 0 saturated carbocycles. The molecule has 0 atom stereocenters. The normalized spacial score (nSPS) is 12.2. The number of ether oxygens (including phenoxy) is 1. The van der Waals surface area contributed by atoms with E-state index < -0.39 is 20.6 Å². The molecule has 0 fully saturated rings. The molecule has 0 unspecified atom stereocenters. The fourth-order valence-electron chi connectivity index (χ4n) is 1.30. The number of sulfone groups is 1. The van der Waals surface area contributed by atoms with E-state index in [1.807, 2.05) is 0 Å². The standard InChI is InChI=1S/C12H16O5S/c1-12(2,11(13)14)18(15,16)8-9-5-4-6-10(7-9)17-3/h4-7H,8H2,1-3H3,(H,13,14). The van der Waals surface area contributed by atoms with Crippen LogP contribution >= 0.6 is 0 Å². The van der Waals surface area contributed by atoms with Gasteiger partial charge < -0.3 is 9.84 Å². The number of methoxy groups -OCH3 is 1. The number of carbonyl (C=O) groups is 1. The minimum absolute atomic E-state index is 0.330. The topological polar surface area (TPSA) is 80.7 Å². The third-order valence-corrected chi connectivity index (χ3v) is 5.23. The van der Waals surface area contributed by atoms with Crippen LogP contribution in [0.1, 0.15) is 19.4 Å². The summed E-state index contributed by atoms with van der Waals surface area (Å²) in [5.41, 5.74) is 0.503. The van der Waals surface area contributed by atoms with E-state index in [9.17, 15) is 13.2 Å². The highest BCUT2D eigenvalue weighted by Gasteiger charge is 2.41. The molecule has 0 aliphatic rings. The summed E-state index contributed by atoms with van der Waals surface area (Å²) in [6.45, 7) is 2.37. The van der Waals surface area contributed by atoms with Gasteiger partial charge in [-0.2, -0.15) is 0 Å². The highest BCUT2D eigenvalue weighted by atomic mass is 32.2. The molecule has 0 aliphatic heterocycles. The lowest BCUT2D eigenvalue weighted by Gasteiger charge is -2.19. The van der Waals surface area contributed by atoms with Gasteiger partial charge in [-0.15, -0.1) is 0 Å². The van der Waals surface area contributed by atoms with Crippen LogP contribution in [-0.4, -0.2) is 31.4 Å². The molecular formula is C12H16O5S. The molecule has 0 radical (unpaired) electrons. The van der Waals surface area contributed by atoms with Crippen LogP contribution in [0.5, 0.6) is 5.75 Å². The minimum atomic E-state index is -3.79. The second-order valence-electron chi connectivity index (χ2n) is 4.43. The van der Waals surface area contributed by atoms with Crippen molar-refractivity contribution < 1.29 is 23.1 Å². The molecule has 1 N–H and O–H groups in total. The van der Waals surface area contributed by atoms with E-state index in [4.69, 9.17) is 9.84 Å². The van der Waals surface area contributed by atoms with Crippen molar-refractivity contribution in [2.24, 2.45) is 0 Å². The summed E-state index contributed by atoms with van der Waals surface area (Å²) in [4.78, 5) is 11.0. The van der Waals surface area contributed by atoms with Crippen molar-refractivity contribution in [3.63, 3.8) is 0 Å². The van der Waals surface area contributed by atoms with Gasteiger partial charge in [0.05, 0.1) is 12.9 Å². The first-order valence-electron chi connectivity index (χ1n) is 5.29. The molecule has 0 saturated heterocycles. The minimum Gasteiger partial charge on any atom is -0.497 e. The third kappa shape index (κ3) is 2.81. The molecule has 0 heterocycles. The Morgan fingerprint density at radius 1 is 1.39 bits per heavy atom. The van der Waals surface area contributed by atoms with Gasteiger partial charge in [-0.05, 0) is 31.5 Å². The summed E-state index contributed by atoms with van der Waals surface area (Å²) in [7, 11) is -2.31. The van der Waals surface area contributed by atoms with Crippen molar-refractivity contribution in [2.45, 2.75) is 24.3 Å². The lowest BCUT2D eigenvalue weighted by molar-refractivity contribution is -0.139. The Bertz CT molecular complexity index is 545. The molecule has 0 aliphatic carbocycles. The van der Waals surface area contributed by atoms with E-state index in [0.29, 0.717) is 11.3 Å². The number of rotatable bonds is 5. The maximum absolute atomic E-state index is 12.0. The number of hydrogen-bond donors (Lipinski definition) is 1. The molecule has 0 bridgehead atoms. The number of aliphatic carboxylic acids is 1. The van der Waals surface area contributed by atoms with Crippen LogP contribution in [0.4, 0.5) is 0 Å². The predicted molar refractivity (Wildman–Crippen MR) is 67.3 cm³/mol. The maximum atomic E-state index is 12.0. The van der Waals surface area contributed by atoms with Crippen molar-refractivity contribution in [1.29, 1.82) is 0 Å². The van der Waals surface area contributed by atoms with Crippen molar-refractivity contribution in [2.75, 3.05) is 7.11 Å². The Hall–Kier alpha value is -1.56. The van der Waals surface area contributed by atoms with E-state index in [0.717, 1.165) is 0 Å². The van der Waals surface area contributed by atoms with Crippen LogP contribution in [0, 0.1) is 0 Å². The lowest BCUT2D eigenvalue weighted by Crippen LogP contribution is -2.41. The zero-order valence-electron chi connectivity index (χ0n) is 10.5. The molecule has 1 aromatic carbocycles. The summed E-state index contributed by atoms with van der Waals surface area (Å²) in [5.74, 6) is -1.15. The zero-order chi connectivity index (χ0) is 14.0. The number of carboxylic acid groups (broad SMARTS) is 1. The first-order chi connectivity index (χ1) is 8.20. The Morgan fingerprint density at radius 3 is 2.50 bits per heavy atom. The molecule has 6 heteroatoms. The van der Waals surface area contributed by atoms with Crippen LogP contribution in [0.25, 0.3) is 0 Å². The fourth-order valence-corrected chi connectivity index (χ4v) is 2.54. The summed E-state index contributed by atoms with van der Waals surface area (Å²) >= 11 is 0. The summed E-state index contributed by atoms with van der Waals surface area (Å²) in [6.07, 6.45) is 0. The largest absolute Gasteiger partial charge is 0.497 e. The SMILES string of the molecule is COc1cccc(CS(=O)(=O)C(C)(C)C(=O)O)c1. The molecular weight excluding hydrogens is 256 g/mol. The molecule has 100 valence electrons. The van der Waals surface area contributed by atoms with E-state index in [2.05, 4.69) is 0 Å². The van der Waals surface area contributed by atoms with Gasteiger partial charge in [0.1, 0.15) is 5.75 Å². The van der Waals surface area contributed by atoms with E-state index in [-0.39, 0.29) is 5.75 Å². The van der Waals surface area contributed by atoms with Crippen LogP contribution in [0.2, 0.25) is 0 Å². The van der Waals surface area contributed by atoms with Crippen molar-refractivity contribution >= 4 is 15.8 Å². The number of benzene rings is 1. The smallest absolute Gasteiger partial charge is 0.324 e. The predicted octanol–water partition coefficient (Wildman–Crippen LogP) is 1.47. The van der Waals surface area contributed by atoms with Gasteiger partial charge in [-0.3, -0.25) is 4.79 Å². The summed E-state index contributed by atoms with van der Waals surface area (Å²) < 4.78 is 27.3. The molecule has 0 amide bonds. The van der Waals surface area contributed by atoms with Crippen molar-refractivity contribution in [3.05, 3.63) is 29.8 Å². The van der Waals surface area contributed by atoms with Crippen molar-refractivity contribution in [1.82, 2.24) is 0 Å². The molecule has 18 heavy (non-hydrogen) atoms. The zero-order valence-corrected chi connectivity index (χ0v) is 11.3. The van der Waals surface area contributed by atoms with E-state index in [1.165, 1.54) is 21.0 Å². The Labute approximate surface area is 106 Å².